The molecule has 0 bridgehead atoms. The van der Waals surface area contributed by atoms with Crippen LogP contribution in [0.15, 0.2) is 0 Å². The van der Waals surface area contributed by atoms with E-state index in [2.05, 4.69) is 24.1 Å². The third-order valence-electron chi connectivity index (χ3n) is 4.27. The Morgan fingerprint density at radius 1 is 1.27 bits per heavy atom. The van der Waals surface area contributed by atoms with Gasteiger partial charge in [0, 0.05) is 6.54 Å². The van der Waals surface area contributed by atoms with Gasteiger partial charge in [-0.05, 0) is 63.2 Å². The molecule has 2 heteroatoms. The Labute approximate surface area is 94.4 Å². The van der Waals surface area contributed by atoms with E-state index >= 15 is 0 Å². The highest BCUT2D eigenvalue weighted by atomic mass is 15.1. The van der Waals surface area contributed by atoms with Gasteiger partial charge < -0.3 is 10.2 Å². The maximum atomic E-state index is 3.38. The highest BCUT2D eigenvalue weighted by molar-refractivity contribution is 4.81. The molecule has 0 radical (unpaired) electrons. The van der Waals surface area contributed by atoms with Crippen molar-refractivity contribution < 1.29 is 0 Å². The highest BCUT2D eigenvalue weighted by Crippen LogP contribution is 2.21. The summed E-state index contributed by atoms with van der Waals surface area (Å²) in [5.74, 6) is 2.79. The van der Waals surface area contributed by atoms with Crippen LogP contribution < -0.4 is 5.32 Å². The summed E-state index contributed by atoms with van der Waals surface area (Å²) in [6, 6.07) is 0. The van der Waals surface area contributed by atoms with E-state index in [4.69, 9.17) is 0 Å². The second kappa shape index (κ2) is 5.31. The minimum Gasteiger partial charge on any atom is -0.316 e. The molecule has 0 aliphatic carbocycles. The summed E-state index contributed by atoms with van der Waals surface area (Å²) in [6.07, 6.45) is 4.27. The fourth-order valence-electron chi connectivity index (χ4n) is 2.77. The first-order valence-corrected chi connectivity index (χ1v) is 6.69. The molecule has 0 saturated carbocycles. The van der Waals surface area contributed by atoms with Gasteiger partial charge in [-0.25, -0.2) is 0 Å². The molecule has 2 atom stereocenters. The molecular formula is C13H26N2. The Balaban J connectivity index is 1.72. The first-order valence-electron chi connectivity index (χ1n) is 6.69. The highest BCUT2D eigenvalue weighted by Gasteiger charge is 2.25. The van der Waals surface area contributed by atoms with E-state index in [9.17, 15) is 0 Å². The third kappa shape index (κ3) is 3.18. The lowest BCUT2D eigenvalue weighted by molar-refractivity contribution is 0.168. The Morgan fingerprint density at radius 2 is 2.07 bits per heavy atom. The lowest BCUT2D eigenvalue weighted by Crippen LogP contribution is -2.48. The van der Waals surface area contributed by atoms with E-state index in [-0.39, 0.29) is 0 Å². The van der Waals surface area contributed by atoms with Crippen LogP contribution in [-0.4, -0.2) is 37.6 Å². The first-order chi connectivity index (χ1) is 7.25. The maximum absolute atomic E-state index is 3.38. The van der Waals surface area contributed by atoms with Gasteiger partial charge in [0.1, 0.15) is 0 Å². The fraction of sp³-hybridized carbons (Fsp3) is 1.00. The quantitative estimate of drug-likeness (QED) is 0.766. The molecule has 0 spiro atoms. The molecule has 15 heavy (non-hydrogen) atoms. The van der Waals surface area contributed by atoms with Crippen LogP contribution in [0.3, 0.4) is 0 Å². The summed E-state index contributed by atoms with van der Waals surface area (Å²) in [4.78, 5) is 2.70. The summed E-state index contributed by atoms with van der Waals surface area (Å²) >= 11 is 0. The van der Waals surface area contributed by atoms with Crippen LogP contribution >= 0.6 is 0 Å². The molecule has 0 aromatic heterocycles. The molecule has 2 unspecified atom stereocenters. The predicted molar refractivity (Wildman–Crippen MR) is 65.0 cm³/mol. The predicted octanol–water partition coefficient (Wildman–Crippen LogP) is 1.96. The van der Waals surface area contributed by atoms with E-state index in [1.54, 1.807) is 0 Å². The average molecular weight is 210 g/mol. The van der Waals surface area contributed by atoms with Crippen molar-refractivity contribution in [2.75, 3.05) is 32.7 Å². The van der Waals surface area contributed by atoms with Gasteiger partial charge in [-0.1, -0.05) is 13.8 Å². The number of nitrogens with one attached hydrogen (secondary N) is 1. The number of hydrogen-bond acceptors (Lipinski definition) is 2. The van der Waals surface area contributed by atoms with E-state index < -0.39 is 0 Å². The fourth-order valence-corrected chi connectivity index (χ4v) is 2.77. The molecule has 2 saturated heterocycles. The van der Waals surface area contributed by atoms with Crippen molar-refractivity contribution in [3.63, 3.8) is 0 Å². The Hall–Kier alpha value is -0.0800. The van der Waals surface area contributed by atoms with Crippen molar-refractivity contribution in [1.29, 1.82) is 0 Å². The SMILES string of the molecule is CC1CCCN(CC(C)C2CNC2)CC1. The molecule has 2 nitrogen and oxygen atoms in total. The molecule has 2 heterocycles. The van der Waals surface area contributed by atoms with Crippen LogP contribution in [0.4, 0.5) is 0 Å². The zero-order chi connectivity index (χ0) is 10.7. The van der Waals surface area contributed by atoms with E-state index in [0.29, 0.717) is 0 Å². The number of likely N-dealkylation sites (tertiary alicyclic amines) is 1. The van der Waals surface area contributed by atoms with Crippen molar-refractivity contribution in [3.8, 4) is 0 Å². The van der Waals surface area contributed by atoms with Crippen molar-refractivity contribution in [1.82, 2.24) is 10.2 Å². The van der Waals surface area contributed by atoms with Gasteiger partial charge in [-0.15, -0.1) is 0 Å². The van der Waals surface area contributed by atoms with Crippen LogP contribution in [0.5, 0.6) is 0 Å². The van der Waals surface area contributed by atoms with Crippen molar-refractivity contribution >= 4 is 0 Å². The number of nitrogens with zero attached hydrogens (tertiary/aromatic N) is 1. The molecule has 2 rings (SSSR count). The standard InChI is InChI=1S/C13H26N2/c1-11-4-3-6-15(7-5-11)10-12(2)13-8-14-9-13/h11-14H,3-10H2,1-2H3. The number of hydrogen-bond donors (Lipinski definition) is 1. The van der Waals surface area contributed by atoms with Crippen LogP contribution in [0.2, 0.25) is 0 Å². The second-order valence-corrected chi connectivity index (χ2v) is 5.73. The Morgan fingerprint density at radius 3 is 2.73 bits per heavy atom. The molecule has 1 N–H and O–H groups in total. The maximum Gasteiger partial charge on any atom is 0.00106 e. The van der Waals surface area contributed by atoms with E-state index in [0.717, 1.165) is 17.8 Å². The van der Waals surface area contributed by atoms with E-state index in [1.165, 1.54) is 52.0 Å². The van der Waals surface area contributed by atoms with Gasteiger partial charge in [0.05, 0.1) is 0 Å². The van der Waals surface area contributed by atoms with Crippen molar-refractivity contribution in [3.05, 3.63) is 0 Å². The molecule has 0 aromatic rings. The first kappa shape index (κ1) is 11.4. The monoisotopic (exact) mass is 210 g/mol. The zero-order valence-electron chi connectivity index (χ0n) is 10.3. The van der Waals surface area contributed by atoms with Crippen LogP contribution in [-0.2, 0) is 0 Å². The molecule has 2 aliphatic heterocycles. The van der Waals surface area contributed by atoms with Gasteiger partial charge in [0.2, 0.25) is 0 Å². The zero-order valence-corrected chi connectivity index (χ0v) is 10.3. The molecule has 0 aromatic carbocycles. The minimum atomic E-state index is 0.889. The van der Waals surface area contributed by atoms with Crippen molar-refractivity contribution in [2.24, 2.45) is 17.8 Å². The Kier molecular flexibility index (Phi) is 4.04. The van der Waals surface area contributed by atoms with Crippen LogP contribution in [0, 0.1) is 17.8 Å². The van der Waals surface area contributed by atoms with Gasteiger partial charge >= 0.3 is 0 Å². The summed E-state index contributed by atoms with van der Waals surface area (Å²) in [5.41, 5.74) is 0. The van der Waals surface area contributed by atoms with Gasteiger partial charge in [0.25, 0.3) is 0 Å². The lowest BCUT2D eigenvalue weighted by atomic mass is 9.88. The summed E-state index contributed by atoms with van der Waals surface area (Å²) in [5, 5.41) is 3.38. The summed E-state index contributed by atoms with van der Waals surface area (Å²) in [7, 11) is 0. The van der Waals surface area contributed by atoms with E-state index in [1.807, 2.05) is 0 Å². The minimum absolute atomic E-state index is 0.889. The summed E-state index contributed by atoms with van der Waals surface area (Å²) < 4.78 is 0. The third-order valence-corrected chi connectivity index (χ3v) is 4.27. The largest absolute Gasteiger partial charge is 0.316 e. The van der Waals surface area contributed by atoms with Crippen LogP contribution in [0.25, 0.3) is 0 Å². The second-order valence-electron chi connectivity index (χ2n) is 5.73. The molecule has 0 amide bonds. The molecule has 88 valence electrons. The molecule has 2 fully saturated rings. The smallest absolute Gasteiger partial charge is 0.00106 e. The lowest BCUT2D eigenvalue weighted by Gasteiger charge is -2.35. The number of rotatable bonds is 3. The van der Waals surface area contributed by atoms with Crippen molar-refractivity contribution in [2.45, 2.75) is 33.1 Å². The normalized spacial score (nSPS) is 32.0. The Bertz CT molecular complexity index is 189. The average Bonchev–Trinajstić information content (AvgIpc) is 2.28. The van der Waals surface area contributed by atoms with Gasteiger partial charge in [-0.3, -0.25) is 0 Å². The molecule has 2 aliphatic rings. The summed E-state index contributed by atoms with van der Waals surface area (Å²) in [6.45, 7) is 11.4. The topological polar surface area (TPSA) is 15.3 Å². The molecular weight excluding hydrogens is 184 g/mol. The van der Waals surface area contributed by atoms with Crippen LogP contribution in [0.1, 0.15) is 33.1 Å². The van der Waals surface area contributed by atoms with Gasteiger partial charge in [0.15, 0.2) is 0 Å². The van der Waals surface area contributed by atoms with Gasteiger partial charge in [-0.2, -0.15) is 0 Å².